The Morgan fingerprint density at radius 2 is 2.00 bits per heavy atom. The number of pyridine rings is 1. The molecule has 0 aliphatic rings. The van der Waals surface area contributed by atoms with Gasteiger partial charge in [0.25, 0.3) is 0 Å². The summed E-state index contributed by atoms with van der Waals surface area (Å²) in [6.07, 6.45) is 1.73. The van der Waals surface area contributed by atoms with Crippen LogP contribution in [0, 0.1) is 30.2 Å². The van der Waals surface area contributed by atoms with Crippen LogP contribution in [-0.2, 0) is 32.7 Å². The summed E-state index contributed by atoms with van der Waals surface area (Å²) in [6.45, 7) is 9.76. The third-order valence-electron chi connectivity index (χ3n) is 1.76. The smallest absolute Gasteiger partial charge is 0.0591 e. The van der Waals surface area contributed by atoms with Gasteiger partial charge in [-0.3, -0.25) is 0 Å². The second-order valence-corrected chi connectivity index (χ2v) is 3.91. The van der Waals surface area contributed by atoms with Gasteiger partial charge in [-0.05, 0) is 19.5 Å². The predicted octanol–water partition coefficient (Wildman–Crippen LogP) is 2.58. The summed E-state index contributed by atoms with van der Waals surface area (Å²) in [4.78, 5) is 4.13. The Hall–Kier alpha value is -0.226. The van der Waals surface area contributed by atoms with Crippen molar-refractivity contribution >= 4 is 0 Å². The minimum absolute atomic E-state index is 0. The summed E-state index contributed by atoms with van der Waals surface area (Å²) in [5.41, 5.74) is 1.32. The predicted molar refractivity (Wildman–Crippen MR) is 66.9 cm³/mol. The molecule has 1 aromatic heterocycles. The van der Waals surface area contributed by atoms with Gasteiger partial charge >= 0.3 is 0 Å². The maximum Gasteiger partial charge on any atom is 0.0591 e. The molecule has 0 fully saturated rings. The van der Waals surface area contributed by atoms with E-state index < -0.39 is 0 Å². The van der Waals surface area contributed by atoms with E-state index in [1.165, 1.54) is 0 Å². The minimum atomic E-state index is -0.368. The number of nitrogens with zero attached hydrogens (tertiary/aromatic N) is 1. The van der Waals surface area contributed by atoms with Crippen molar-refractivity contribution in [2.45, 2.75) is 34.6 Å². The molecule has 1 rings (SSSR count). The van der Waals surface area contributed by atoms with Crippen LogP contribution in [0.4, 0.5) is 0 Å². The molecule has 1 heterocycles. The second-order valence-electron chi connectivity index (χ2n) is 3.91. The average Bonchev–Trinajstić information content (AvgIpc) is 2.31. The number of hydrogen-bond acceptors (Lipinski definition) is 2. The number of aliphatic hydroxyl groups is 1. The number of rotatable bonds is 1. The van der Waals surface area contributed by atoms with E-state index in [0.717, 1.165) is 5.56 Å². The number of hydrogen-bond donors (Lipinski definition) is 1. The molecule has 0 saturated carbocycles. The van der Waals surface area contributed by atoms with Gasteiger partial charge in [-0.2, -0.15) is 6.07 Å². The summed E-state index contributed by atoms with van der Waals surface area (Å²) in [5, 5.41) is 8.99. The van der Waals surface area contributed by atoms with Crippen molar-refractivity contribution in [2.24, 2.45) is 5.41 Å². The van der Waals surface area contributed by atoms with E-state index in [9.17, 15) is 0 Å². The first-order valence-corrected chi connectivity index (χ1v) is 5.52. The fourth-order valence-corrected chi connectivity index (χ4v) is 0.764. The number of aliphatic hydroxyl groups excluding tert-OH is 1. The van der Waals surface area contributed by atoms with E-state index in [4.69, 9.17) is 5.11 Å². The van der Waals surface area contributed by atoms with Crippen LogP contribution in [0.5, 0.6) is 0 Å². The van der Waals surface area contributed by atoms with Gasteiger partial charge in [0.15, 0.2) is 0 Å². The van der Waals surface area contributed by atoms with Gasteiger partial charge in [0.1, 0.15) is 0 Å². The topological polar surface area (TPSA) is 33.1 Å². The molecule has 0 amide bonds. The SMILES string of the molecule is CC.Cc1[c-]cc(C#CC(C)(C)CO)nc1.[Y]. The van der Waals surface area contributed by atoms with Crippen LogP contribution in [0.2, 0.25) is 0 Å². The summed E-state index contributed by atoms with van der Waals surface area (Å²) in [7, 11) is 0. The van der Waals surface area contributed by atoms with E-state index in [2.05, 4.69) is 22.9 Å². The Bertz CT molecular complexity index is 360. The Labute approximate surface area is 130 Å². The second kappa shape index (κ2) is 9.77. The van der Waals surface area contributed by atoms with Crippen molar-refractivity contribution < 1.29 is 37.8 Å². The van der Waals surface area contributed by atoms with Crippen molar-refractivity contribution in [2.75, 3.05) is 6.61 Å². The van der Waals surface area contributed by atoms with Gasteiger partial charge in [0.05, 0.1) is 6.61 Å². The average molecular weight is 307 g/mol. The van der Waals surface area contributed by atoms with Crippen molar-refractivity contribution in [1.29, 1.82) is 0 Å². The largest absolute Gasteiger partial charge is 0.395 e. The van der Waals surface area contributed by atoms with Crippen LogP contribution < -0.4 is 0 Å². The molecule has 0 unspecified atom stereocenters. The standard InChI is InChI=1S/C12H14NO.C2H6.Y/c1-10-4-5-11(13-8-10)6-7-12(2,3)9-14;1-2;/h5,8,14H,9H2,1-3H3;1-2H3;/q-1;;. The van der Waals surface area contributed by atoms with E-state index in [0.29, 0.717) is 5.69 Å². The molecule has 0 saturated heterocycles. The summed E-state index contributed by atoms with van der Waals surface area (Å²) in [6, 6.07) is 4.79. The molecule has 0 atom stereocenters. The zero-order chi connectivity index (χ0) is 12.6. The number of aromatic nitrogens is 1. The first kappa shape index (κ1) is 19.1. The molecule has 0 spiro atoms. The van der Waals surface area contributed by atoms with Crippen LogP contribution in [-0.4, -0.2) is 16.7 Å². The van der Waals surface area contributed by atoms with Crippen molar-refractivity contribution in [3.05, 3.63) is 29.6 Å². The molecule has 17 heavy (non-hydrogen) atoms. The molecule has 1 radical (unpaired) electrons. The van der Waals surface area contributed by atoms with Crippen molar-refractivity contribution in [3.8, 4) is 11.8 Å². The van der Waals surface area contributed by atoms with Gasteiger partial charge in [-0.1, -0.05) is 27.0 Å². The monoisotopic (exact) mass is 307 g/mol. The van der Waals surface area contributed by atoms with Crippen LogP contribution in [0.25, 0.3) is 0 Å². The van der Waals surface area contributed by atoms with Crippen LogP contribution >= 0.6 is 0 Å². The van der Waals surface area contributed by atoms with Crippen LogP contribution in [0.15, 0.2) is 12.3 Å². The fraction of sp³-hybridized carbons (Fsp3) is 0.500. The molecule has 0 aliphatic heterocycles. The van der Waals surface area contributed by atoms with E-state index in [1.807, 2.05) is 34.6 Å². The molecule has 3 heteroatoms. The maximum atomic E-state index is 8.99. The molecule has 1 aromatic rings. The third kappa shape index (κ3) is 8.49. The summed E-state index contributed by atoms with van der Waals surface area (Å²) in [5.74, 6) is 5.87. The maximum absolute atomic E-state index is 8.99. The molecule has 1 N–H and O–H groups in total. The van der Waals surface area contributed by atoms with Gasteiger partial charge in [-0.15, -0.1) is 23.5 Å². The molecule has 0 aliphatic carbocycles. The van der Waals surface area contributed by atoms with Gasteiger partial charge in [0.2, 0.25) is 0 Å². The van der Waals surface area contributed by atoms with Gasteiger partial charge < -0.3 is 10.1 Å². The van der Waals surface area contributed by atoms with Crippen molar-refractivity contribution in [1.82, 2.24) is 4.98 Å². The van der Waals surface area contributed by atoms with Gasteiger partial charge in [-0.25, -0.2) is 0 Å². The molecule has 2 nitrogen and oxygen atoms in total. The molecule has 91 valence electrons. The molecule has 0 aromatic carbocycles. The minimum Gasteiger partial charge on any atom is -0.395 e. The fourth-order valence-electron chi connectivity index (χ4n) is 0.764. The van der Waals surface area contributed by atoms with E-state index in [-0.39, 0.29) is 44.7 Å². The molecular formula is C14H20NOY-. The zero-order valence-electron chi connectivity index (χ0n) is 11.3. The summed E-state index contributed by atoms with van der Waals surface area (Å²) < 4.78 is 0. The first-order valence-electron chi connectivity index (χ1n) is 5.52. The van der Waals surface area contributed by atoms with Crippen LogP contribution in [0.1, 0.15) is 39.0 Å². The van der Waals surface area contributed by atoms with E-state index in [1.54, 1.807) is 12.3 Å². The quantitative estimate of drug-likeness (QED) is 0.639. The van der Waals surface area contributed by atoms with E-state index >= 15 is 0 Å². The Balaban J connectivity index is 0. The van der Waals surface area contributed by atoms with Crippen molar-refractivity contribution in [3.63, 3.8) is 0 Å². The zero-order valence-corrected chi connectivity index (χ0v) is 14.2. The Morgan fingerprint density at radius 1 is 1.41 bits per heavy atom. The summed E-state index contributed by atoms with van der Waals surface area (Å²) >= 11 is 0. The number of aryl methyl sites for hydroxylation is 1. The normalized spacial score (nSPS) is 9.06. The molecule has 0 bridgehead atoms. The van der Waals surface area contributed by atoms with Gasteiger partial charge in [0, 0.05) is 38.1 Å². The van der Waals surface area contributed by atoms with Crippen LogP contribution in [0.3, 0.4) is 0 Å². The first-order chi connectivity index (χ1) is 7.53. The third-order valence-corrected chi connectivity index (χ3v) is 1.76. The molecular weight excluding hydrogens is 287 g/mol. The Kier molecular flexibility index (Phi) is 11.0. The Morgan fingerprint density at radius 3 is 2.41 bits per heavy atom.